The first-order valence-electron chi connectivity index (χ1n) is 5.52. The van der Waals surface area contributed by atoms with E-state index in [1.165, 1.54) is 5.56 Å². The first-order valence-corrected chi connectivity index (χ1v) is 5.52. The van der Waals surface area contributed by atoms with Gasteiger partial charge in [0.1, 0.15) is 0 Å². The van der Waals surface area contributed by atoms with E-state index in [0.29, 0.717) is 12.1 Å². The summed E-state index contributed by atoms with van der Waals surface area (Å²) in [5.41, 5.74) is 1.34. The van der Waals surface area contributed by atoms with Gasteiger partial charge in [-0.2, -0.15) is 0 Å². The molecule has 0 fully saturated rings. The van der Waals surface area contributed by atoms with Gasteiger partial charge in [-0.15, -0.1) is 12.3 Å². The molecule has 1 heteroatoms. The molecule has 0 saturated carbocycles. The SMILES string of the molecule is C#CCC(C)NC(CC)c1ccccc1. The summed E-state index contributed by atoms with van der Waals surface area (Å²) >= 11 is 0. The van der Waals surface area contributed by atoms with Gasteiger partial charge >= 0.3 is 0 Å². The molecule has 0 aliphatic heterocycles. The molecule has 2 atom stereocenters. The van der Waals surface area contributed by atoms with Crippen molar-refractivity contribution in [1.82, 2.24) is 5.32 Å². The summed E-state index contributed by atoms with van der Waals surface area (Å²) in [6.45, 7) is 4.32. The van der Waals surface area contributed by atoms with Gasteiger partial charge in [-0.25, -0.2) is 0 Å². The second-order valence-corrected chi connectivity index (χ2v) is 3.85. The third-order valence-corrected chi connectivity index (χ3v) is 2.52. The van der Waals surface area contributed by atoms with E-state index in [4.69, 9.17) is 6.42 Å². The van der Waals surface area contributed by atoms with Crippen LogP contribution in [0, 0.1) is 12.3 Å². The van der Waals surface area contributed by atoms with Crippen molar-refractivity contribution in [2.45, 2.75) is 38.8 Å². The van der Waals surface area contributed by atoms with Crippen molar-refractivity contribution in [2.24, 2.45) is 0 Å². The van der Waals surface area contributed by atoms with Crippen LogP contribution in [0.25, 0.3) is 0 Å². The Morgan fingerprint density at radius 1 is 1.33 bits per heavy atom. The van der Waals surface area contributed by atoms with Crippen LogP contribution in [0.15, 0.2) is 30.3 Å². The standard InChI is InChI=1S/C14H19N/c1-4-9-12(3)15-14(5-2)13-10-7-6-8-11-13/h1,6-8,10-12,14-15H,5,9H2,2-3H3. The van der Waals surface area contributed by atoms with E-state index in [2.05, 4.69) is 49.4 Å². The van der Waals surface area contributed by atoms with Crippen molar-refractivity contribution >= 4 is 0 Å². The summed E-state index contributed by atoms with van der Waals surface area (Å²) in [6.07, 6.45) is 7.16. The number of nitrogens with one attached hydrogen (secondary N) is 1. The smallest absolute Gasteiger partial charge is 0.0320 e. The molecule has 80 valence electrons. The van der Waals surface area contributed by atoms with E-state index in [0.717, 1.165) is 12.8 Å². The number of terminal acetylenes is 1. The summed E-state index contributed by atoms with van der Waals surface area (Å²) in [5, 5.41) is 3.54. The maximum atomic E-state index is 5.30. The molecule has 0 radical (unpaired) electrons. The van der Waals surface area contributed by atoms with Crippen molar-refractivity contribution in [3.8, 4) is 12.3 Å². The maximum Gasteiger partial charge on any atom is 0.0320 e. The summed E-state index contributed by atoms with van der Waals surface area (Å²) in [7, 11) is 0. The Hall–Kier alpha value is -1.26. The minimum Gasteiger partial charge on any atom is -0.307 e. The Morgan fingerprint density at radius 3 is 2.53 bits per heavy atom. The highest BCUT2D eigenvalue weighted by molar-refractivity contribution is 5.18. The predicted octanol–water partition coefficient (Wildman–Crippen LogP) is 3.14. The fraction of sp³-hybridized carbons (Fsp3) is 0.429. The molecule has 0 amide bonds. The Kier molecular flexibility index (Phi) is 4.93. The minimum absolute atomic E-state index is 0.375. The Morgan fingerprint density at radius 2 is 2.00 bits per heavy atom. The van der Waals surface area contributed by atoms with Crippen LogP contribution in [-0.2, 0) is 0 Å². The Labute approximate surface area is 92.9 Å². The van der Waals surface area contributed by atoms with Crippen LogP contribution in [-0.4, -0.2) is 6.04 Å². The van der Waals surface area contributed by atoms with Crippen LogP contribution < -0.4 is 5.32 Å². The van der Waals surface area contributed by atoms with Gasteiger partial charge in [0.25, 0.3) is 0 Å². The average molecular weight is 201 g/mol. The van der Waals surface area contributed by atoms with Gasteiger partial charge in [-0.05, 0) is 18.9 Å². The van der Waals surface area contributed by atoms with Gasteiger partial charge in [-0.1, -0.05) is 37.3 Å². The number of rotatable bonds is 5. The zero-order valence-corrected chi connectivity index (χ0v) is 9.53. The summed E-state index contributed by atoms with van der Waals surface area (Å²) in [6, 6.07) is 11.3. The first-order chi connectivity index (χ1) is 7.27. The second kappa shape index (κ2) is 6.27. The molecule has 1 aromatic carbocycles. The normalized spacial score (nSPS) is 14.2. The zero-order valence-electron chi connectivity index (χ0n) is 9.53. The molecule has 0 aliphatic carbocycles. The van der Waals surface area contributed by atoms with Crippen LogP contribution in [0.3, 0.4) is 0 Å². The van der Waals surface area contributed by atoms with Gasteiger partial charge in [0, 0.05) is 18.5 Å². The van der Waals surface area contributed by atoms with Crippen molar-refractivity contribution in [3.63, 3.8) is 0 Å². The van der Waals surface area contributed by atoms with Crippen LogP contribution in [0.4, 0.5) is 0 Å². The minimum atomic E-state index is 0.375. The van der Waals surface area contributed by atoms with Crippen LogP contribution in [0.2, 0.25) is 0 Å². The lowest BCUT2D eigenvalue weighted by Crippen LogP contribution is -2.29. The van der Waals surface area contributed by atoms with Crippen LogP contribution in [0.1, 0.15) is 38.3 Å². The van der Waals surface area contributed by atoms with E-state index >= 15 is 0 Å². The quantitative estimate of drug-likeness (QED) is 0.722. The highest BCUT2D eigenvalue weighted by Gasteiger charge is 2.10. The highest BCUT2D eigenvalue weighted by atomic mass is 14.9. The predicted molar refractivity (Wildman–Crippen MR) is 65.5 cm³/mol. The number of hydrogen-bond acceptors (Lipinski definition) is 1. The molecule has 0 saturated heterocycles. The van der Waals surface area contributed by atoms with E-state index < -0.39 is 0 Å². The molecule has 0 heterocycles. The molecule has 1 N–H and O–H groups in total. The van der Waals surface area contributed by atoms with E-state index in [1.54, 1.807) is 0 Å². The lowest BCUT2D eigenvalue weighted by Gasteiger charge is -2.21. The molecule has 1 rings (SSSR count). The topological polar surface area (TPSA) is 12.0 Å². The summed E-state index contributed by atoms with van der Waals surface area (Å²) in [4.78, 5) is 0. The van der Waals surface area contributed by atoms with Gasteiger partial charge in [0.2, 0.25) is 0 Å². The zero-order chi connectivity index (χ0) is 11.1. The van der Waals surface area contributed by atoms with Gasteiger partial charge in [0.05, 0.1) is 0 Å². The second-order valence-electron chi connectivity index (χ2n) is 3.85. The molecule has 15 heavy (non-hydrogen) atoms. The number of benzene rings is 1. The summed E-state index contributed by atoms with van der Waals surface area (Å²) in [5.74, 6) is 2.69. The third kappa shape index (κ3) is 3.77. The average Bonchev–Trinajstić information content (AvgIpc) is 2.27. The lowest BCUT2D eigenvalue weighted by molar-refractivity contribution is 0.451. The van der Waals surface area contributed by atoms with Crippen molar-refractivity contribution in [1.29, 1.82) is 0 Å². The van der Waals surface area contributed by atoms with Crippen LogP contribution in [0.5, 0.6) is 0 Å². The fourth-order valence-corrected chi connectivity index (χ4v) is 1.71. The molecule has 1 nitrogen and oxygen atoms in total. The largest absolute Gasteiger partial charge is 0.307 e. The van der Waals surface area contributed by atoms with E-state index in [9.17, 15) is 0 Å². The molecule has 2 unspecified atom stereocenters. The Balaban J connectivity index is 2.61. The van der Waals surface area contributed by atoms with Gasteiger partial charge < -0.3 is 5.32 Å². The molecule has 0 aliphatic rings. The first kappa shape index (κ1) is 11.8. The molecule has 1 aromatic rings. The van der Waals surface area contributed by atoms with Gasteiger partial charge in [0.15, 0.2) is 0 Å². The molecular weight excluding hydrogens is 182 g/mol. The van der Waals surface area contributed by atoms with Crippen molar-refractivity contribution in [3.05, 3.63) is 35.9 Å². The molecule has 0 aromatic heterocycles. The van der Waals surface area contributed by atoms with Crippen molar-refractivity contribution in [2.75, 3.05) is 0 Å². The van der Waals surface area contributed by atoms with E-state index in [1.807, 2.05) is 6.07 Å². The van der Waals surface area contributed by atoms with Gasteiger partial charge in [-0.3, -0.25) is 0 Å². The maximum absolute atomic E-state index is 5.30. The highest BCUT2D eigenvalue weighted by Crippen LogP contribution is 2.16. The van der Waals surface area contributed by atoms with E-state index in [-0.39, 0.29) is 0 Å². The lowest BCUT2D eigenvalue weighted by atomic mass is 10.0. The molecular formula is C14H19N. The fourth-order valence-electron chi connectivity index (χ4n) is 1.71. The molecule has 0 spiro atoms. The molecule has 0 bridgehead atoms. The van der Waals surface area contributed by atoms with Crippen LogP contribution >= 0.6 is 0 Å². The summed E-state index contributed by atoms with van der Waals surface area (Å²) < 4.78 is 0. The number of hydrogen-bond donors (Lipinski definition) is 1. The Bertz CT molecular complexity index is 310. The third-order valence-electron chi connectivity index (χ3n) is 2.52. The van der Waals surface area contributed by atoms with Crippen molar-refractivity contribution < 1.29 is 0 Å². The monoisotopic (exact) mass is 201 g/mol.